The molecule has 1 amide bonds. The lowest BCUT2D eigenvalue weighted by Crippen LogP contribution is -2.36. The average Bonchev–Trinajstić information content (AvgIpc) is 3.16. The van der Waals surface area contributed by atoms with Crippen molar-refractivity contribution < 1.29 is 4.79 Å². The molecule has 0 unspecified atom stereocenters. The van der Waals surface area contributed by atoms with Gasteiger partial charge in [0.2, 0.25) is 0 Å². The topological polar surface area (TPSA) is 54.7 Å². The van der Waals surface area contributed by atoms with Crippen LogP contribution in [0.15, 0.2) is 58.8 Å². The third kappa shape index (κ3) is 2.26. The number of pyridine rings is 1. The highest BCUT2D eigenvalue weighted by atomic mass is 32.1. The maximum atomic E-state index is 13.2. The van der Waals surface area contributed by atoms with Gasteiger partial charge in [0.25, 0.3) is 11.5 Å². The predicted octanol–water partition coefficient (Wildman–Crippen LogP) is 3.11. The van der Waals surface area contributed by atoms with E-state index in [1.807, 2.05) is 28.5 Å². The standard InChI is InChI=1S/C20H15N3O2S/c24-19(22-10-7-13-4-1-2-5-14(13)12-22)15-6-3-9-23-18(15)21-16-8-11-26-17(16)20(23)25/h1-6,8-9,11H,7,10,12H2. The van der Waals surface area contributed by atoms with Gasteiger partial charge in [-0.15, -0.1) is 11.3 Å². The van der Waals surface area contributed by atoms with Crippen LogP contribution in [0.4, 0.5) is 0 Å². The second-order valence-corrected chi connectivity index (χ2v) is 7.33. The monoisotopic (exact) mass is 361 g/mol. The molecule has 0 saturated heterocycles. The van der Waals surface area contributed by atoms with Crippen LogP contribution >= 0.6 is 11.3 Å². The Bertz CT molecular complexity index is 1220. The van der Waals surface area contributed by atoms with Crippen molar-refractivity contribution in [2.75, 3.05) is 6.54 Å². The zero-order valence-corrected chi connectivity index (χ0v) is 14.7. The minimum atomic E-state index is -0.126. The van der Waals surface area contributed by atoms with Crippen LogP contribution in [0.2, 0.25) is 0 Å². The zero-order valence-electron chi connectivity index (χ0n) is 13.9. The summed E-state index contributed by atoms with van der Waals surface area (Å²) in [5.74, 6) is -0.0842. The summed E-state index contributed by atoms with van der Waals surface area (Å²) in [5, 5.41) is 1.85. The van der Waals surface area contributed by atoms with Crippen molar-refractivity contribution >= 4 is 33.1 Å². The Balaban J connectivity index is 1.62. The second kappa shape index (κ2) is 5.78. The van der Waals surface area contributed by atoms with Crippen LogP contribution in [0, 0.1) is 0 Å². The molecule has 6 heteroatoms. The van der Waals surface area contributed by atoms with Crippen molar-refractivity contribution in [3.63, 3.8) is 0 Å². The van der Waals surface area contributed by atoms with E-state index in [-0.39, 0.29) is 11.5 Å². The highest BCUT2D eigenvalue weighted by Gasteiger charge is 2.24. The molecular formula is C20H15N3O2S. The van der Waals surface area contributed by atoms with Crippen molar-refractivity contribution in [2.45, 2.75) is 13.0 Å². The fourth-order valence-electron chi connectivity index (χ4n) is 3.56. The fraction of sp³-hybridized carbons (Fsp3) is 0.150. The third-order valence-electron chi connectivity index (χ3n) is 4.90. The summed E-state index contributed by atoms with van der Waals surface area (Å²) in [6.07, 6.45) is 2.51. The molecule has 4 heterocycles. The van der Waals surface area contributed by atoms with Crippen molar-refractivity contribution in [1.82, 2.24) is 14.3 Å². The van der Waals surface area contributed by atoms with E-state index in [0.29, 0.717) is 34.5 Å². The highest BCUT2D eigenvalue weighted by Crippen LogP contribution is 2.22. The van der Waals surface area contributed by atoms with Gasteiger partial charge in [0.15, 0.2) is 5.65 Å². The molecule has 5 nitrogen and oxygen atoms in total. The SMILES string of the molecule is O=C(c1cccn2c(=O)c3sccc3nc12)N1CCc2ccccc2C1. The van der Waals surface area contributed by atoms with Gasteiger partial charge < -0.3 is 4.90 Å². The van der Waals surface area contributed by atoms with E-state index in [0.717, 1.165) is 6.42 Å². The van der Waals surface area contributed by atoms with E-state index in [4.69, 9.17) is 0 Å². The smallest absolute Gasteiger partial charge is 0.275 e. The quantitative estimate of drug-likeness (QED) is 0.523. The molecule has 26 heavy (non-hydrogen) atoms. The fourth-order valence-corrected chi connectivity index (χ4v) is 4.33. The first-order valence-electron chi connectivity index (χ1n) is 8.47. The van der Waals surface area contributed by atoms with Gasteiger partial charge in [-0.1, -0.05) is 24.3 Å². The molecule has 0 bridgehead atoms. The van der Waals surface area contributed by atoms with Gasteiger partial charge in [-0.2, -0.15) is 0 Å². The van der Waals surface area contributed by atoms with Crippen LogP contribution < -0.4 is 5.56 Å². The number of rotatable bonds is 1. The third-order valence-corrected chi connectivity index (χ3v) is 5.79. The first-order valence-corrected chi connectivity index (χ1v) is 9.35. The number of nitrogens with zero attached hydrogens (tertiary/aromatic N) is 3. The Labute approximate surface area is 153 Å². The van der Waals surface area contributed by atoms with Gasteiger partial charge >= 0.3 is 0 Å². The Morgan fingerprint density at radius 2 is 1.92 bits per heavy atom. The van der Waals surface area contributed by atoms with Crippen LogP contribution in [0.1, 0.15) is 21.5 Å². The second-order valence-electron chi connectivity index (χ2n) is 6.41. The van der Waals surface area contributed by atoms with Crippen LogP contribution in [0.3, 0.4) is 0 Å². The lowest BCUT2D eigenvalue weighted by molar-refractivity contribution is 0.0736. The summed E-state index contributed by atoms with van der Waals surface area (Å²) < 4.78 is 2.09. The van der Waals surface area contributed by atoms with Crippen LogP contribution in [0.25, 0.3) is 15.9 Å². The number of thiophene rings is 1. The number of hydrogen-bond acceptors (Lipinski definition) is 4. The molecule has 128 valence electrons. The van der Waals surface area contributed by atoms with Crippen molar-refractivity contribution in [2.24, 2.45) is 0 Å². The Kier molecular flexibility index (Phi) is 3.39. The minimum Gasteiger partial charge on any atom is -0.334 e. The molecule has 1 aliphatic rings. The molecule has 0 radical (unpaired) electrons. The molecule has 1 aromatic carbocycles. The molecule has 0 atom stereocenters. The minimum absolute atomic E-state index is 0.0842. The van der Waals surface area contributed by atoms with Gasteiger partial charge in [-0.05, 0) is 41.1 Å². The number of fused-ring (bicyclic) bond motifs is 3. The number of benzene rings is 1. The Hall–Kier alpha value is -2.99. The van der Waals surface area contributed by atoms with Gasteiger partial charge in [-0.3, -0.25) is 14.0 Å². The number of carbonyl (C=O) groups excluding carboxylic acids is 1. The molecule has 4 aromatic rings. The first-order chi connectivity index (χ1) is 12.7. The number of aromatic nitrogens is 2. The van der Waals surface area contributed by atoms with Crippen LogP contribution in [-0.4, -0.2) is 26.7 Å². The van der Waals surface area contributed by atoms with E-state index >= 15 is 0 Å². The summed E-state index contributed by atoms with van der Waals surface area (Å²) in [6.45, 7) is 1.25. The zero-order chi connectivity index (χ0) is 17.7. The largest absolute Gasteiger partial charge is 0.334 e. The highest BCUT2D eigenvalue weighted by molar-refractivity contribution is 7.17. The molecular weight excluding hydrogens is 346 g/mol. The number of amides is 1. The van der Waals surface area contributed by atoms with Crippen molar-refractivity contribution in [3.05, 3.63) is 81.1 Å². The van der Waals surface area contributed by atoms with Crippen LogP contribution in [0.5, 0.6) is 0 Å². The van der Waals surface area contributed by atoms with Gasteiger partial charge in [-0.25, -0.2) is 4.98 Å². The van der Waals surface area contributed by atoms with E-state index in [1.54, 1.807) is 18.3 Å². The molecule has 0 N–H and O–H groups in total. The Morgan fingerprint density at radius 3 is 2.81 bits per heavy atom. The molecule has 0 spiro atoms. The van der Waals surface area contributed by atoms with Gasteiger partial charge in [0.1, 0.15) is 4.70 Å². The first kappa shape index (κ1) is 15.3. The molecule has 3 aromatic heterocycles. The van der Waals surface area contributed by atoms with E-state index < -0.39 is 0 Å². The molecule has 0 saturated carbocycles. The van der Waals surface area contributed by atoms with E-state index in [1.165, 1.54) is 26.9 Å². The average molecular weight is 361 g/mol. The normalized spacial score (nSPS) is 13.9. The maximum Gasteiger partial charge on any atom is 0.275 e. The van der Waals surface area contributed by atoms with Gasteiger partial charge in [0.05, 0.1) is 11.1 Å². The van der Waals surface area contributed by atoms with Gasteiger partial charge in [0, 0.05) is 19.3 Å². The van der Waals surface area contributed by atoms with Crippen LogP contribution in [-0.2, 0) is 13.0 Å². The lowest BCUT2D eigenvalue weighted by Gasteiger charge is -2.29. The molecule has 0 aliphatic carbocycles. The summed E-state index contributed by atoms with van der Waals surface area (Å²) in [6, 6.07) is 13.5. The maximum absolute atomic E-state index is 13.2. The lowest BCUT2D eigenvalue weighted by atomic mass is 9.99. The summed E-state index contributed by atoms with van der Waals surface area (Å²) >= 11 is 1.37. The molecule has 5 rings (SSSR count). The predicted molar refractivity (Wildman–Crippen MR) is 102 cm³/mol. The van der Waals surface area contributed by atoms with E-state index in [2.05, 4.69) is 17.1 Å². The summed E-state index contributed by atoms with van der Waals surface area (Å²) in [5.41, 5.74) is 3.88. The molecule has 0 fully saturated rings. The van der Waals surface area contributed by atoms with Crippen molar-refractivity contribution in [1.29, 1.82) is 0 Å². The summed E-state index contributed by atoms with van der Waals surface area (Å²) in [7, 11) is 0. The molecule has 1 aliphatic heterocycles. The Morgan fingerprint density at radius 1 is 1.08 bits per heavy atom. The van der Waals surface area contributed by atoms with Crippen molar-refractivity contribution in [3.8, 4) is 0 Å². The summed E-state index contributed by atoms with van der Waals surface area (Å²) in [4.78, 5) is 32.3. The number of carbonyl (C=O) groups is 1. The number of hydrogen-bond donors (Lipinski definition) is 0. The van der Waals surface area contributed by atoms with E-state index in [9.17, 15) is 9.59 Å².